The molecule has 0 amide bonds. The van der Waals surface area contributed by atoms with Crippen molar-refractivity contribution in [2.45, 2.75) is 20.3 Å². The van der Waals surface area contributed by atoms with Crippen molar-refractivity contribution in [1.82, 2.24) is 15.0 Å². The van der Waals surface area contributed by atoms with Crippen molar-refractivity contribution in [3.63, 3.8) is 0 Å². The number of aromatic carboxylic acids is 1. The number of carboxylic acids is 1. The van der Waals surface area contributed by atoms with E-state index in [-0.39, 0.29) is 23.7 Å². The molecule has 0 atom stereocenters. The van der Waals surface area contributed by atoms with Crippen LogP contribution < -0.4 is 10.2 Å². The Morgan fingerprint density at radius 2 is 2.06 bits per heavy atom. The van der Waals surface area contributed by atoms with Crippen molar-refractivity contribution in [3.05, 3.63) is 77.6 Å². The normalized spacial score (nSPS) is 13.1. The molecular weight excluding hydrogens is 398 g/mol. The van der Waals surface area contributed by atoms with Crippen molar-refractivity contribution >= 4 is 35.1 Å². The summed E-state index contributed by atoms with van der Waals surface area (Å²) in [5, 5.41) is 12.3. The highest BCUT2D eigenvalue weighted by atomic mass is 16.4. The van der Waals surface area contributed by atoms with Crippen molar-refractivity contribution in [2.24, 2.45) is 0 Å². The van der Waals surface area contributed by atoms with E-state index in [1.54, 1.807) is 42.3 Å². The fourth-order valence-corrected chi connectivity index (χ4v) is 3.22. The van der Waals surface area contributed by atoms with Gasteiger partial charge in [-0.1, -0.05) is 12.2 Å². The molecule has 0 spiro atoms. The van der Waals surface area contributed by atoms with Gasteiger partial charge in [-0.25, -0.2) is 14.8 Å². The van der Waals surface area contributed by atoms with Gasteiger partial charge in [0.2, 0.25) is 11.8 Å². The van der Waals surface area contributed by atoms with Crippen LogP contribution in [0.4, 0.5) is 23.3 Å². The number of ketones is 1. The summed E-state index contributed by atoms with van der Waals surface area (Å²) in [5.74, 6) is 0.0331. The van der Waals surface area contributed by atoms with Gasteiger partial charge in [-0.05, 0) is 43.7 Å². The Morgan fingerprint density at radius 3 is 2.74 bits per heavy atom. The second-order valence-corrected chi connectivity index (χ2v) is 6.94. The number of hydrogen-bond acceptors (Lipinski definition) is 8. The van der Waals surface area contributed by atoms with E-state index in [0.717, 1.165) is 5.56 Å². The molecule has 4 rings (SSSR count). The van der Waals surface area contributed by atoms with Crippen LogP contribution in [-0.4, -0.2) is 31.8 Å². The zero-order chi connectivity index (χ0) is 22.0. The van der Waals surface area contributed by atoms with Crippen LogP contribution in [0, 0.1) is 13.8 Å². The molecule has 9 heteroatoms. The second-order valence-electron chi connectivity index (χ2n) is 6.94. The van der Waals surface area contributed by atoms with Gasteiger partial charge in [0.05, 0.1) is 17.5 Å². The smallest absolute Gasteiger partial charge is 0.335 e. The third-order valence-corrected chi connectivity index (χ3v) is 4.73. The Labute approximate surface area is 177 Å². The Morgan fingerprint density at radius 1 is 1.23 bits per heavy atom. The SMILES string of the molecule is Cc1cc(Nc2ncc(C)c(N(C3=CC=CCC3=O)c3cnco3)n2)ccc1C(=O)O. The van der Waals surface area contributed by atoms with Gasteiger partial charge in [0.1, 0.15) is 5.82 Å². The lowest BCUT2D eigenvalue weighted by Crippen LogP contribution is -2.25. The molecule has 0 fully saturated rings. The van der Waals surface area contributed by atoms with Crippen molar-refractivity contribution in [1.29, 1.82) is 0 Å². The first-order valence-electron chi connectivity index (χ1n) is 9.47. The molecule has 2 aromatic heterocycles. The monoisotopic (exact) mass is 417 g/mol. The number of benzene rings is 1. The van der Waals surface area contributed by atoms with E-state index in [4.69, 9.17) is 4.42 Å². The minimum atomic E-state index is -0.986. The van der Waals surface area contributed by atoms with E-state index in [2.05, 4.69) is 20.3 Å². The van der Waals surface area contributed by atoms with Crippen molar-refractivity contribution in [2.75, 3.05) is 10.2 Å². The Bertz CT molecular complexity index is 1210. The van der Waals surface area contributed by atoms with Crippen LogP contribution in [0.2, 0.25) is 0 Å². The van der Waals surface area contributed by atoms with Crippen molar-refractivity contribution < 1.29 is 19.1 Å². The lowest BCUT2D eigenvalue weighted by molar-refractivity contribution is -0.114. The number of nitrogens with zero attached hydrogens (tertiary/aromatic N) is 4. The predicted octanol–water partition coefficient (Wildman–Crippen LogP) is 4.07. The summed E-state index contributed by atoms with van der Waals surface area (Å²) in [7, 11) is 0. The topological polar surface area (TPSA) is 121 Å². The maximum absolute atomic E-state index is 12.6. The first-order valence-corrected chi connectivity index (χ1v) is 9.47. The molecule has 156 valence electrons. The number of hydrogen-bond donors (Lipinski definition) is 2. The van der Waals surface area contributed by atoms with Crippen LogP contribution in [0.25, 0.3) is 0 Å². The number of nitrogens with one attached hydrogen (secondary N) is 1. The minimum absolute atomic E-state index is 0.0775. The van der Waals surface area contributed by atoms with E-state index in [1.807, 2.05) is 13.0 Å². The van der Waals surface area contributed by atoms with Crippen LogP contribution in [0.3, 0.4) is 0 Å². The maximum Gasteiger partial charge on any atom is 0.335 e. The van der Waals surface area contributed by atoms with E-state index < -0.39 is 5.97 Å². The number of rotatable bonds is 6. The summed E-state index contributed by atoms with van der Waals surface area (Å²) >= 11 is 0. The summed E-state index contributed by atoms with van der Waals surface area (Å²) < 4.78 is 5.48. The quantitative estimate of drug-likeness (QED) is 0.611. The fraction of sp³-hybridized carbons (Fsp3) is 0.136. The molecule has 9 nitrogen and oxygen atoms in total. The van der Waals surface area contributed by atoms with Crippen LogP contribution in [0.5, 0.6) is 0 Å². The summed E-state index contributed by atoms with van der Waals surface area (Å²) in [6.45, 7) is 3.55. The van der Waals surface area contributed by atoms with Gasteiger partial charge in [0, 0.05) is 23.9 Å². The van der Waals surface area contributed by atoms with Gasteiger partial charge in [-0.15, -0.1) is 0 Å². The number of aromatic nitrogens is 3. The number of aryl methyl sites for hydroxylation is 2. The summed E-state index contributed by atoms with van der Waals surface area (Å²) in [6.07, 6.45) is 10.0. The standard InChI is InChI=1S/C22H19N5O4/c1-13-9-15(7-8-16(13)21(29)30)25-22-24-10-14(2)20(26-22)27(19-11-23-12-31-19)17-5-3-4-6-18(17)28/h3-5,7-12H,6H2,1-2H3,(H,29,30)(H,24,25,26). The number of allylic oxidation sites excluding steroid dienone is 4. The van der Waals surface area contributed by atoms with Crippen LogP contribution >= 0.6 is 0 Å². The van der Waals surface area contributed by atoms with E-state index in [0.29, 0.717) is 28.6 Å². The number of carbonyl (C=O) groups excluding carboxylic acids is 1. The highest BCUT2D eigenvalue weighted by molar-refractivity contribution is 6.02. The van der Waals surface area contributed by atoms with Crippen molar-refractivity contribution in [3.8, 4) is 0 Å². The first-order chi connectivity index (χ1) is 14.9. The second kappa shape index (κ2) is 8.23. The summed E-state index contributed by atoms with van der Waals surface area (Å²) in [4.78, 5) is 38.3. The summed E-state index contributed by atoms with van der Waals surface area (Å²) in [6, 6.07) is 4.87. The molecule has 2 N–H and O–H groups in total. The highest BCUT2D eigenvalue weighted by Gasteiger charge is 2.26. The average molecular weight is 417 g/mol. The molecule has 1 aliphatic rings. The van der Waals surface area contributed by atoms with Gasteiger partial charge in [0.15, 0.2) is 12.2 Å². The van der Waals surface area contributed by atoms with Crippen LogP contribution in [0.1, 0.15) is 27.9 Å². The van der Waals surface area contributed by atoms with Gasteiger partial charge < -0.3 is 14.8 Å². The van der Waals surface area contributed by atoms with E-state index in [9.17, 15) is 14.7 Å². The zero-order valence-electron chi connectivity index (χ0n) is 16.9. The molecule has 0 bridgehead atoms. The van der Waals surface area contributed by atoms with E-state index in [1.165, 1.54) is 18.7 Å². The number of Topliss-reactive ketones (excluding diaryl/α,β-unsaturated/α-hetero) is 1. The molecule has 2 heterocycles. The molecule has 1 aromatic carbocycles. The van der Waals surface area contributed by atoms with Gasteiger partial charge in [0.25, 0.3) is 0 Å². The van der Waals surface area contributed by atoms with Gasteiger partial charge >= 0.3 is 5.97 Å². The van der Waals surface area contributed by atoms with Gasteiger partial charge in [-0.3, -0.25) is 9.69 Å². The predicted molar refractivity (Wildman–Crippen MR) is 114 cm³/mol. The number of carbonyl (C=O) groups is 2. The molecule has 0 aliphatic heterocycles. The average Bonchev–Trinajstić information content (AvgIpc) is 3.26. The Balaban J connectivity index is 1.73. The first kappa shape index (κ1) is 20.0. The van der Waals surface area contributed by atoms with Gasteiger partial charge in [-0.2, -0.15) is 4.98 Å². The lowest BCUT2D eigenvalue weighted by Gasteiger charge is -2.25. The minimum Gasteiger partial charge on any atom is -0.478 e. The molecule has 1 aliphatic carbocycles. The molecule has 3 aromatic rings. The molecule has 0 radical (unpaired) electrons. The Kier molecular flexibility index (Phi) is 5.31. The number of carboxylic acid groups (broad SMARTS) is 1. The van der Waals surface area contributed by atoms with E-state index >= 15 is 0 Å². The fourth-order valence-electron chi connectivity index (χ4n) is 3.22. The Hall–Kier alpha value is -4.27. The third-order valence-electron chi connectivity index (χ3n) is 4.73. The lowest BCUT2D eigenvalue weighted by atomic mass is 10.1. The van der Waals surface area contributed by atoms with Crippen LogP contribution in [-0.2, 0) is 4.79 Å². The molecule has 0 saturated heterocycles. The zero-order valence-corrected chi connectivity index (χ0v) is 16.9. The number of anilines is 4. The maximum atomic E-state index is 12.6. The highest BCUT2D eigenvalue weighted by Crippen LogP contribution is 2.33. The summed E-state index contributed by atoms with van der Waals surface area (Å²) in [5.41, 5.74) is 2.61. The van der Waals surface area contributed by atoms with Crippen LogP contribution in [0.15, 0.2) is 65.3 Å². The molecule has 0 saturated carbocycles. The molecule has 0 unspecified atom stereocenters. The number of oxazole rings is 1. The third kappa shape index (κ3) is 4.06. The largest absolute Gasteiger partial charge is 0.478 e. The molecule has 31 heavy (non-hydrogen) atoms. The molecular formula is C22H19N5O4.